The molecule has 1 aromatic rings. The van der Waals surface area contributed by atoms with E-state index in [9.17, 15) is 9.59 Å². The fraction of sp³-hybridized carbons (Fsp3) is 0.467. The van der Waals surface area contributed by atoms with Gasteiger partial charge < -0.3 is 14.7 Å². The van der Waals surface area contributed by atoms with Crippen LogP contribution in [0, 0.1) is 0 Å². The lowest BCUT2D eigenvalue weighted by molar-refractivity contribution is -0.144. The van der Waals surface area contributed by atoms with Gasteiger partial charge in [-0.25, -0.2) is 0 Å². The second kappa shape index (κ2) is 7.65. The minimum absolute atomic E-state index is 0.0634. The molecule has 0 heterocycles. The first-order valence-electron chi connectivity index (χ1n) is 6.66. The summed E-state index contributed by atoms with van der Waals surface area (Å²) in [4.78, 5) is 25.4. The van der Waals surface area contributed by atoms with Crippen LogP contribution in [0.5, 0.6) is 0 Å². The monoisotopic (exact) mass is 279 g/mol. The number of esters is 1. The van der Waals surface area contributed by atoms with Gasteiger partial charge in [-0.1, -0.05) is 12.1 Å². The van der Waals surface area contributed by atoms with Gasteiger partial charge in [-0.3, -0.25) is 9.59 Å². The van der Waals surface area contributed by atoms with Crippen molar-refractivity contribution in [3.8, 4) is 0 Å². The van der Waals surface area contributed by atoms with Crippen LogP contribution in [0.4, 0.5) is 0 Å². The number of rotatable bonds is 6. The zero-order valence-electron chi connectivity index (χ0n) is 12.1. The summed E-state index contributed by atoms with van der Waals surface area (Å²) in [6, 6.07) is 6.57. The van der Waals surface area contributed by atoms with E-state index < -0.39 is 5.97 Å². The van der Waals surface area contributed by atoms with Crippen molar-refractivity contribution < 1.29 is 19.4 Å². The zero-order chi connectivity index (χ0) is 15.1. The summed E-state index contributed by atoms with van der Waals surface area (Å²) in [6.07, 6.45) is 0. The molecule has 0 atom stereocenters. The summed E-state index contributed by atoms with van der Waals surface area (Å²) in [5, 5.41) is 8.99. The Morgan fingerprint density at radius 1 is 1.25 bits per heavy atom. The molecule has 5 heteroatoms. The molecule has 1 amide bonds. The Balaban J connectivity index is 2.84. The standard InChI is InChI=1S/C15H21NO4/c1-4-20-14(18)9-16(11(2)3)15(19)13-7-5-12(10-17)6-8-13/h5-8,11,17H,4,9-10H2,1-3H3. The van der Waals surface area contributed by atoms with Crippen LogP contribution in [0.1, 0.15) is 36.7 Å². The molecule has 0 fully saturated rings. The molecule has 1 N–H and O–H groups in total. The average Bonchev–Trinajstić information content (AvgIpc) is 2.44. The van der Waals surface area contributed by atoms with Gasteiger partial charge in [-0.05, 0) is 38.5 Å². The fourth-order valence-electron chi connectivity index (χ4n) is 1.75. The van der Waals surface area contributed by atoms with Crippen molar-refractivity contribution in [3.05, 3.63) is 35.4 Å². The Morgan fingerprint density at radius 2 is 1.85 bits per heavy atom. The van der Waals surface area contributed by atoms with Crippen LogP contribution in [0.3, 0.4) is 0 Å². The molecule has 1 aromatic carbocycles. The third-order valence-corrected chi connectivity index (χ3v) is 2.87. The Bertz CT molecular complexity index is 453. The van der Waals surface area contributed by atoms with Crippen molar-refractivity contribution in [3.63, 3.8) is 0 Å². The number of aliphatic hydroxyl groups is 1. The molecule has 0 saturated carbocycles. The number of amides is 1. The molecule has 0 radical (unpaired) electrons. The lowest BCUT2D eigenvalue weighted by Gasteiger charge is -2.25. The van der Waals surface area contributed by atoms with Crippen LogP contribution in [0.15, 0.2) is 24.3 Å². The van der Waals surface area contributed by atoms with Crippen LogP contribution in [0.2, 0.25) is 0 Å². The summed E-state index contributed by atoms with van der Waals surface area (Å²) in [7, 11) is 0. The highest BCUT2D eigenvalue weighted by atomic mass is 16.5. The Morgan fingerprint density at radius 3 is 2.30 bits per heavy atom. The molecule has 1 rings (SSSR count). The number of aliphatic hydroxyl groups excluding tert-OH is 1. The van der Waals surface area contributed by atoms with E-state index in [1.807, 2.05) is 13.8 Å². The SMILES string of the molecule is CCOC(=O)CN(C(=O)c1ccc(CO)cc1)C(C)C. The molecule has 0 bridgehead atoms. The largest absolute Gasteiger partial charge is 0.465 e. The van der Waals surface area contributed by atoms with E-state index >= 15 is 0 Å². The molecule has 0 unspecified atom stereocenters. The molecule has 20 heavy (non-hydrogen) atoms. The molecule has 0 aromatic heterocycles. The Hall–Kier alpha value is -1.88. The Labute approximate surface area is 119 Å². The third-order valence-electron chi connectivity index (χ3n) is 2.87. The van der Waals surface area contributed by atoms with Gasteiger partial charge in [0.15, 0.2) is 0 Å². The van der Waals surface area contributed by atoms with Crippen LogP contribution < -0.4 is 0 Å². The Kier molecular flexibility index (Phi) is 6.18. The maximum Gasteiger partial charge on any atom is 0.325 e. The number of hydrogen-bond acceptors (Lipinski definition) is 4. The van der Waals surface area contributed by atoms with Gasteiger partial charge >= 0.3 is 5.97 Å². The molecule has 5 nitrogen and oxygen atoms in total. The second-order valence-corrected chi connectivity index (χ2v) is 4.69. The van der Waals surface area contributed by atoms with E-state index in [2.05, 4.69) is 0 Å². The molecular formula is C15H21NO4. The molecule has 0 aliphatic rings. The lowest BCUT2D eigenvalue weighted by Crippen LogP contribution is -2.41. The minimum atomic E-state index is -0.415. The number of ether oxygens (including phenoxy) is 1. The number of carbonyl (C=O) groups excluding carboxylic acids is 2. The maximum absolute atomic E-state index is 12.4. The smallest absolute Gasteiger partial charge is 0.325 e. The van der Waals surface area contributed by atoms with Crippen molar-refractivity contribution >= 4 is 11.9 Å². The average molecular weight is 279 g/mol. The maximum atomic E-state index is 12.4. The van der Waals surface area contributed by atoms with Crippen molar-refractivity contribution in [1.29, 1.82) is 0 Å². The first kappa shape index (κ1) is 16.2. The predicted molar refractivity (Wildman–Crippen MR) is 75.2 cm³/mol. The number of nitrogens with zero attached hydrogens (tertiary/aromatic N) is 1. The summed E-state index contributed by atoms with van der Waals surface area (Å²) >= 11 is 0. The first-order chi connectivity index (χ1) is 9.49. The van der Waals surface area contributed by atoms with Gasteiger partial charge in [0, 0.05) is 11.6 Å². The van der Waals surface area contributed by atoms with E-state index in [0.29, 0.717) is 12.2 Å². The van der Waals surface area contributed by atoms with Gasteiger partial charge in [-0.15, -0.1) is 0 Å². The highest BCUT2D eigenvalue weighted by Gasteiger charge is 2.22. The van der Waals surface area contributed by atoms with Gasteiger partial charge in [0.25, 0.3) is 5.91 Å². The molecule has 0 aliphatic carbocycles. The van der Waals surface area contributed by atoms with Gasteiger partial charge in [-0.2, -0.15) is 0 Å². The van der Waals surface area contributed by atoms with E-state index in [1.165, 1.54) is 4.90 Å². The van der Waals surface area contributed by atoms with E-state index in [0.717, 1.165) is 5.56 Å². The van der Waals surface area contributed by atoms with E-state index in [4.69, 9.17) is 9.84 Å². The number of benzene rings is 1. The van der Waals surface area contributed by atoms with Crippen molar-refractivity contribution in [2.45, 2.75) is 33.4 Å². The molecule has 110 valence electrons. The minimum Gasteiger partial charge on any atom is -0.465 e. The highest BCUT2D eigenvalue weighted by Crippen LogP contribution is 2.10. The van der Waals surface area contributed by atoms with Crippen LogP contribution in [-0.2, 0) is 16.1 Å². The van der Waals surface area contributed by atoms with Crippen molar-refractivity contribution in [1.82, 2.24) is 4.90 Å². The van der Waals surface area contributed by atoms with E-state index in [-0.39, 0.29) is 25.1 Å². The van der Waals surface area contributed by atoms with Gasteiger partial charge in [0.2, 0.25) is 0 Å². The summed E-state index contributed by atoms with van der Waals surface area (Å²) in [6.45, 7) is 5.59. The van der Waals surface area contributed by atoms with Crippen LogP contribution in [-0.4, -0.2) is 41.1 Å². The predicted octanol–water partition coefficient (Wildman–Crippen LogP) is 1.59. The van der Waals surface area contributed by atoms with Gasteiger partial charge in [0.05, 0.1) is 13.2 Å². The van der Waals surface area contributed by atoms with E-state index in [1.54, 1.807) is 31.2 Å². The summed E-state index contributed by atoms with van der Waals surface area (Å²) in [5.41, 5.74) is 1.23. The normalized spacial score (nSPS) is 10.4. The number of carbonyl (C=O) groups is 2. The first-order valence-corrected chi connectivity index (χ1v) is 6.66. The molecule has 0 aliphatic heterocycles. The molecule has 0 spiro atoms. The van der Waals surface area contributed by atoms with Crippen molar-refractivity contribution in [2.24, 2.45) is 0 Å². The molecule has 0 saturated heterocycles. The summed E-state index contributed by atoms with van der Waals surface area (Å²) < 4.78 is 4.88. The molecular weight excluding hydrogens is 258 g/mol. The highest BCUT2D eigenvalue weighted by molar-refractivity contribution is 5.96. The third kappa shape index (κ3) is 4.35. The number of hydrogen-bond donors (Lipinski definition) is 1. The summed E-state index contributed by atoms with van der Waals surface area (Å²) in [5.74, 6) is -0.640. The fourth-order valence-corrected chi connectivity index (χ4v) is 1.75. The lowest BCUT2D eigenvalue weighted by atomic mass is 10.1. The van der Waals surface area contributed by atoms with Crippen LogP contribution in [0.25, 0.3) is 0 Å². The quantitative estimate of drug-likeness (QED) is 0.803. The topological polar surface area (TPSA) is 66.8 Å². The zero-order valence-corrected chi connectivity index (χ0v) is 12.1. The van der Waals surface area contributed by atoms with Gasteiger partial charge in [0.1, 0.15) is 6.54 Å². The second-order valence-electron chi connectivity index (χ2n) is 4.69. The van der Waals surface area contributed by atoms with Crippen molar-refractivity contribution in [2.75, 3.05) is 13.2 Å². The van der Waals surface area contributed by atoms with Crippen LogP contribution >= 0.6 is 0 Å².